The molecule has 130 valence electrons. The second kappa shape index (κ2) is 6.64. The molecular weight excluding hydrogens is 323 g/mol. The van der Waals surface area contributed by atoms with Crippen molar-refractivity contribution in [2.45, 2.75) is 31.7 Å². The first-order valence-corrected chi connectivity index (χ1v) is 7.24. The number of nitrogens with zero attached hydrogens (tertiary/aromatic N) is 2. The van der Waals surface area contributed by atoms with E-state index < -0.39 is 23.4 Å². The summed E-state index contributed by atoms with van der Waals surface area (Å²) >= 11 is 0. The molecule has 0 spiro atoms. The van der Waals surface area contributed by atoms with Gasteiger partial charge >= 0.3 is 6.18 Å². The maximum absolute atomic E-state index is 12.9. The van der Waals surface area contributed by atoms with Crippen molar-refractivity contribution in [1.29, 1.82) is 0 Å². The molecule has 2 rings (SSSR count). The van der Waals surface area contributed by atoms with E-state index in [2.05, 4.69) is 10.4 Å². The Morgan fingerprint density at radius 3 is 2.50 bits per heavy atom. The molecule has 0 fully saturated rings. The van der Waals surface area contributed by atoms with Crippen LogP contribution in [0.25, 0.3) is 0 Å². The number of hydrogen-bond donors (Lipinski definition) is 2. The number of aliphatic hydroxyl groups is 1. The van der Waals surface area contributed by atoms with E-state index in [9.17, 15) is 23.1 Å². The Balaban J connectivity index is 2.02. The van der Waals surface area contributed by atoms with E-state index in [1.807, 2.05) is 0 Å². The summed E-state index contributed by atoms with van der Waals surface area (Å²) in [5.41, 5.74) is -2.01. The Hall–Kier alpha value is -2.35. The van der Waals surface area contributed by atoms with Gasteiger partial charge < -0.3 is 10.4 Å². The SMILES string of the molecule is Cn1cc(CNC(=O)CC(C)(O)c2ccccc2)c(C(F)(F)F)n1. The number of amides is 1. The molecule has 1 aromatic carbocycles. The number of alkyl halides is 3. The zero-order valence-corrected chi connectivity index (χ0v) is 13.3. The van der Waals surface area contributed by atoms with Gasteiger partial charge in [-0.15, -0.1) is 0 Å². The lowest BCUT2D eigenvalue weighted by molar-refractivity contribution is -0.142. The topological polar surface area (TPSA) is 67.2 Å². The molecule has 2 N–H and O–H groups in total. The van der Waals surface area contributed by atoms with Gasteiger partial charge in [0.25, 0.3) is 0 Å². The average Bonchev–Trinajstić information content (AvgIpc) is 2.87. The Morgan fingerprint density at radius 2 is 1.92 bits per heavy atom. The maximum atomic E-state index is 12.9. The van der Waals surface area contributed by atoms with Crippen molar-refractivity contribution in [1.82, 2.24) is 15.1 Å². The van der Waals surface area contributed by atoms with E-state index in [0.29, 0.717) is 5.56 Å². The fraction of sp³-hybridized carbons (Fsp3) is 0.375. The molecule has 0 aliphatic heterocycles. The van der Waals surface area contributed by atoms with Crippen LogP contribution in [0.4, 0.5) is 13.2 Å². The van der Waals surface area contributed by atoms with Crippen molar-refractivity contribution in [3.05, 3.63) is 53.3 Å². The number of rotatable bonds is 5. The minimum absolute atomic E-state index is 0.127. The lowest BCUT2D eigenvalue weighted by atomic mass is 9.92. The molecular formula is C16H18F3N3O2. The molecule has 0 saturated heterocycles. The molecule has 0 saturated carbocycles. The molecule has 2 aromatic rings. The zero-order chi connectivity index (χ0) is 18.0. The Kier molecular flexibility index (Phi) is 4.98. The predicted molar refractivity (Wildman–Crippen MR) is 80.7 cm³/mol. The molecule has 8 heteroatoms. The van der Waals surface area contributed by atoms with Crippen molar-refractivity contribution in [2.24, 2.45) is 7.05 Å². The minimum Gasteiger partial charge on any atom is -0.385 e. The van der Waals surface area contributed by atoms with Crippen LogP contribution in [0, 0.1) is 0 Å². The van der Waals surface area contributed by atoms with Gasteiger partial charge in [-0.3, -0.25) is 9.48 Å². The lowest BCUT2D eigenvalue weighted by Gasteiger charge is -2.23. The first-order chi connectivity index (χ1) is 11.1. The summed E-state index contributed by atoms with van der Waals surface area (Å²) in [5.74, 6) is -0.555. The molecule has 0 aliphatic carbocycles. The van der Waals surface area contributed by atoms with Crippen LogP contribution in [0.3, 0.4) is 0 Å². The van der Waals surface area contributed by atoms with Crippen molar-refractivity contribution >= 4 is 5.91 Å². The van der Waals surface area contributed by atoms with E-state index in [-0.39, 0.29) is 18.5 Å². The van der Waals surface area contributed by atoms with Gasteiger partial charge in [0.2, 0.25) is 5.91 Å². The van der Waals surface area contributed by atoms with E-state index in [1.165, 1.54) is 20.2 Å². The van der Waals surface area contributed by atoms with Gasteiger partial charge in [-0.05, 0) is 12.5 Å². The Morgan fingerprint density at radius 1 is 1.29 bits per heavy atom. The molecule has 1 aromatic heterocycles. The Labute approximate surface area is 137 Å². The third-order valence-electron chi connectivity index (χ3n) is 3.55. The second-order valence-corrected chi connectivity index (χ2v) is 5.77. The molecule has 0 bridgehead atoms. The minimum atomic E-state index is -4.59. The van der Waals surface area contributed by atoms with Crippen LogP contribution in [-0.4, -0.2) is 20.8 Å². The zero-order valence-electron chi connectivity index (χ0n) is 13.3. The van der Waals surface area contributed by atoms with E-state index >= 15 is 0 Å². The second-order valence-electron chi connectivity index (χ2n) is 5.77. The van der Waals surface area contributed by atoms with Crippen molar-refractivity contribution in [2.75, 3.05) is 0 Å². The van der Waals surface area contributed by atoms with Crippen LogP contribution in [0.5, 0.6) is 0 Å². The number of carbonyl (C=O) groups is 1. The fourth-order valence-corrected chi connectivity index (χ4v) is 2.37. The van der Waals surface area contributed by atoms with Gasteiger partial charge in [0.15, 0.2) is 5.69 Å². The summed E-state index contributed by atoms with van der Waals surface area (Å²) in [6.07, 6.45) is -3.64. The summed E-state index contributed by atoms with van der Waals surface area (Å²) in [7, 11) is 1.38. The lowest BCUT2D eigenvalue weighted by Crippen LogP contribution is -2.32. The highest BCUT2D eigenvalue weighted by molar-refractivity contribution is 5.77. The van der Waals surface area contributed by atoms with Gasteiger partial charge in [-0.2, -0.15) is 18.3 Å². The number of carbonyl (C=O) groups excluding carboxylic acids is 1. The first kappa shape index (κ1) is 18.0. The van der Waals surface area contributed by atoms with E-state index in [0.717, 1.165) is 4.68 Å². The van der Waals surface area contributed by atoms with Crippen molar-refractivity contribution < 1.29 is 23.1 Å². The normalized spacial score (nSPS) is 14.2. The molecule has 1 unspecified atom stereocenters. The largest absolute Gasteiger partial charge is 0.435 e. The third kappa shape index (κ3) is 4.35. The molecule has 1 atom stereocenters. The van der Waals surface area contributed by atoms with Crippen LogP contribution in [0.15, 0.2) is 36.5 Å². The monoisotopic (exact) mass is 341 g/mol. The quantitative estimate of drug-likeness (QED) is 0.877. The van der Waals surface area contributed by atoms with Crippen LogP contribution < -0.4 is 5.32 Å². The highest BCUT2D eigenvalue weighted by Crippen LogP contribution is 2.30. The van der Waals surface area contributed by atoms with Gasteiger partial charge in [0.1, 0.15) is 0 Å². The molecule has 5 nitrogen and oxygen atoms in total. The number of aryl methyl sites for hydroxylation is 1. The number of aromatic nitrogens is 2. The standard InChI is InChI=1S/C16H18F3N3O2/c1-15(24,12-6-4-3-5-7-12)8-13(23)20-9-11-10-22(2)21-14(11)16(17,18)19/h3-7,10,24H,8-9H2,1-2H3,(H,20,23). The summed E-state index contributed by atoms with van der Waals surface area (Å²) in [4.78, 5) is 12.0. The summed E-state index contributed by atoms with van der Waals surface area (Å²) in [6.45, 7) is 1.17. The first-order valence-electron chi connectivity index (χ1n) is 7.24. The van der Waals surface area contributed by atoms with E-state index in [4.69, 9.17) is 0 Å². The number of halogens is 3. The van der Waals surface area contributed by atoms with Crippen molar-refractivity contribution in [3.63, 3.8) is 0 Å². The number of hydrogen-bond acceptors (Lipinski definition) is 3. The van der Waals surface area contributed by atoms with E-state index in [1.54, 1.807) is 30.3 Å². The average molecular weight is 341 g/mol. The van der Waals surface area contributed by atoms with Crippen molar-refractivity contribution in [3.8, 4) is 0 Å². The van der Waals surface area contributed by atoms with Crippen LogP contribution in [0.2, 0.25) is 0 Å². The Bertz CT molecular complexity index is 709. The third-order valence-corrected chi connectivity index (χ3v) is 3.55. The number of benzene rings is 1. The smallest absolute Gasteiger partial charge is 0.385 e. The van der Waals surface area contributed by atoms with Crippen LogP contribution in [0.1, 0.15) is 30.2 Å². The van der Waals surface area contributed by atoms with Crippen LogP contribution in [-0.2, 0) is 30.2 Å². The highest BCUT2D eigenvalue weighted by atomic mass is 19.4. The molecule has 0 radical (unpaired) electrons. The summed E-state index contributed by atoms with van der Waals surface area (Å²) < 4.78 is 39.6. The molecule has 1 amide bonds. The molecule has 1 heterocycles. The van der Waals surface area contributed by atoms with Gasteiger partial charge in [-0.25, -0.2) is 0 Å². The molecule has 24 heavy (non-hydrogen) atoms. The summed E-state index contributed by atoms with van der Waals surface area (Å²) in [6, 6.07) is 8.59. The van der Waals surface area contributed by atoms with Crippen LogP contribution >= 0.6 is 0 Å². The predicted octanol–water partition coefficient (Wildman–Crippen LogP) is 2.35. The number of nitrogens with one attached hydrogen (secondary N) is 1. The van der Waals surface area contributed by atoms with Gasteiger partial charge in [0, 0.05) is 25.4 Å². The van der Waals surface area contributed by atoms with Gasteiger partial charge in [0.05, 0.1) is 12.0 Å². The highest BCUT2D eigenvalue weighted by Gasteiger charge is 2.37. The van der Waals surface area contributed by atoms with Gasteiger partial charge in [-0.1, -0.05) is 30.3 Å². The maximum Gasteiger partial charge on any atom is 0.435 e. The molecule has 0 aliphatic rings. The fourth-order valence-electron chi connectivity index (χ4n) is 2.37. The summed E-state index contributed by atoms with van der Waals surface area (Å²) in [5, 5.41) is 16.2.